The minimum atomic E-state index is -3.47. The van der Waals surface area contributed by atoms with Crippen LogP contribution in [0.5, 0.6) is 0 Å². The molecule has 0 aromatic heterocycles. The lowest BCUT2D eigenvalue weighted by molar-refractivity contribution is -0.134. The van der Waals surface area contributed by atoms with Gasteiger partial charge in [-0.3, -0.25) is 4.79 Å². The fraction of sp³-hybridized carbons (Fsp3) is 0.562. The number of nitrogens with zero attached hydrogens (tertiary/aromatic N) is 2. The first kappa shape index (κ1) is 19.2. The van der Waals surface area contributed by atoms with Crippen LogP contribution in [0.15, 0.2) is 35.2 Å². The molecule has 134 valence electrons. The van der Waals surface area contributed by atoms with E-state index in [1.807, 2.05) is 4.90 Å². The summed E-state index contributed by atoms with van der Waals surface area (Å²) in [6.07, 6.45) is 1.55. The summed E-state index contributed by atoms with van der Waals surface area (Å²) in [5, 5.41) is 3.21. The molecule has 0 saturated carbocycles. The van der Waals surface area contributed by atoms with Gasteiger partial charge in [-0.2, -0.15) is 4.31 Å². The number of carbonyl (C=O) groups is 1. The predicted molar refractivity (Wildman–Crippen MR) is 94.6 cm³/mol. The van der Waals surface area contributed by atoms with E-state index in [4.69, 9.17) is 0 Å². The van der Waals surface area contributed by atoms with Crippen molar-refractivity contribution in [3.63, 3.8) is 0 Å². The van der Waals surface area contributed by atoms with Gasteiger partial charge in [0.05, 0.1) is 10.8 Å². The summed E-state index contributed by atoms with van der Waals surface area (Å²) in [7, 11) is -3.47. The first-order chi connectivity index (χ1) is 11.1. The van der Waals surface area contributed by atoms with E-state index >= 15 is 0 Å². The molecule has 2 aliphatic heterocycles. The van der Waals surface area contributed by atoms with E-state index in [0.29, 0.717) is 37.5 Å². The Balaban J connectivity index is 0.00000208. The van der Waals surface area contributed by atoms with Crippen LogP contribution in [0.4, 0.5) is 0 Å². The summed E-state index contributed by atoms with van der Waals surface area (Å²) < 4.78 is 26.9. The maximum absolute atomic E-state index is 12.7. The average molecular weight is 374 g/mol. The van der Waals surface area contributed by atoms with Gasteiger partial charge in [0.2, 0.25) is 15.9 Å². The molecule has 0 bridgehead atoms. The van der Waals surface area contributed by atoms with E-state index < -0.39 is 10.0 Å². The third-order valence-corrected chi connectivity index (χ3v) is 6.47. The number of amides is 1. The first-order valence-corrected chi connectivity index (χ1v) is 9.58. The van der Waals surface area contributed by atoms with Crippen LogP contribution in [-0.4, -0.2) is 62.8 Å². The van der Waals surface area contributed by atoms with Crippen molar-refractivity contribution in [3.05, 3.63) is 30.3 Å². The number of hydrogen-bond acceptors (Lipinski definition) is 4. The van der Waals surface area contributed by atoms with E-state index in [0.717, 1.165) is 19.5 Å². The number of rotatable bonds is 3. The maximum atomic E-state index is 12.7. The Morgan fingerprint density at radius 2 is 1.83 bits per heavy atom. The molecule has 1 N–H and O–H groups in total. The minimum absolute atomic E-state index is 0. The zero-order valence-corrected chi connectivity index (χ0v) is 15.2. The van der Waals surface area contributed by atoms with E-state index in [-0.39, 0.29) is 24.2 Å². The molecule has 2 saturated heterocycles. The topological polar surface area (TPSA) is 69.7 Å². The van der Waals surface area contributed by atoms with E-state index in [2.05, 4.69) is 5.32 Å². The molecule has 2 heterocycles. The lowest BCUT2D eigenvalue weighted by atomic mass is 10.1. The van der Waals surface area contributed by atoms with Gasteiger partial charge in [0, 0.05) is 32.7 Å². The van der Waals surface area contributed by atoms with Gasteiger partial charge in [0.1, 0.15) is 0 Å². The third kappa shape index (κ3) is 4.08. The van der Waals surface area contributed by atoms with Crippen LogP contribution in [0.1, 0.15) is 12.8 Å². The zero-order chi connectivity index (χ0) is 16.3. The van der Waals surface area contributed by atoms with Crippen molar-refractivity contribution < 1.29 is 13.2 Å². The molecule has 2 fully saturated rings. The Morgan fingerprint density at radius 1 is 1.08 bits per heavy atom. The summed E-state index contributed by atoms with van der Waals surface area (Å²) in [6.45, 7) is 3.56. The predicted octanol–water partition coefficient (Wildman–Crippen LogP) is 0.941. The summed E-state index contributed by atoms with van der Waals surface area (Å²) in [5.74, 6) is 0.209. The molecule has 3 rings (SSSR count). The average Bonchev–Trinajstić information content (AvgIpc) is 2.99. The number of hydrogen-bond donors (Lipinski definition) is 1. The number of nitrogens with one attached hydrogen (secondary N) is 1. The van der Waals surface area contributed by atoms with Crippen LogP contribution in [0.3, 0.4) is 0 Å². The molecule has 2 aliphatic rings. The highest BCUT2D eigenvalue weighted by Crippen LogP contribution is 2.19. The molecular formula is C16H24ClN3O3S. The highest BCUT2D eigenvalue weighted by atomic mass is 35.5. The second kappa shape index (κ2) is 8.29. The van der Waals surface area contributed by atoms with Gasteiger partial charge in [-0.25, -0.2) is 8.42 Å². The summed E-state index contributed by atoms with van der Waals surface area (Å²) in [5.41, 5.74) is 0. The SMILES string of the molecule is Cl.O=C(C1CCNC1)N1CCCN(S(=O)(=O)c2ccccc2)CC1. The molecule has 1 atom stereocenters. The van der Waals surface area contributed by atoms with Crippen molar-refractivity contribution in [2.75, 3.05) is 39.3 Å². The van der Waals surface area contributed by atoms with Crippen molar-refractivity contribution in [1.82, 2.24) is 14.5 Å². The molecule has 6 nitrogen and oxygen atoms in total. The highest BCUT2D eigenvalue weighted by Gasteiger charge is 2.31. The molecule has 1 aromatic rings. The molecule has 0 radical (unpaired) electrons. The van der Waals surface area contributed by atoms with Crippen LogP contribution in [0.2, 0.25) is 0 Å². The smallest absolute Gasteiger partial charge is 0.243 e. The fourth-order valence-electron chi connectivity index (χ4n) is 3.22. The molecule has 8 heteroatoms. The van der Waals surface area contributed by atoms with Gasteiger partial charge in [-0.05, 0) is 31.5 Å². The first-order valence-electron chi connectivity index (χ1n) is 8.14. The Kier molecular flexibility index (Phi) is 6.62. The Labute approximate surface area is 149 Å². The highest BCUT2D eigenvalue weighted by molar-refractivity contribution is 7.89. The van der Waals surface area contributed by atoms with Crippen molar-refractivity contribution in [3.8, 4) is 0 Å². The van der Waals surface area contributed by atoms with E-state index in [9.17, 15) is 13.2 Å². The number of benzene rings is 1. The Morgan fingerprint density at radius 3 is 2.50 bits per heavy atom. The molecule has 1 amide bonds. The summed E-state index contributed by atoms with van der Waals surface area (Å²) >= 11 is 0. The third-order valence-electron chi connectivity index (χ3n) is 4.56. The maximum Gasteiger partial charge on any atom is 0.243 e. The Hall–Kier alpha value is -1.15. The van der Waals surface area contributed by atoms with Gasteiger partial charge in [0.25, 0.3) is 0 Å². The molecule has 1 unspecified atom stereocenters. The van der Waals surface area contributed by atoms with Crippen LogP contribution < -0.4 is 5.32 Å². The second-order valence-corrected chi connectivity index (χ2v) is 8.02. The number of sulfonamides is 1. The monoisotopic (exact) mass is 373 g/mol. The van der Waals surface area contributed by atoms with Gasteiger partial charge >= 0.3 is 0 Å². The van der Waals surface area contributed by atoms with Crippen LogP contribution >= 0.6 is 12.4 Å². The van der Waals surface area contributed by atoms with E-state index in [1.54, 1.807) is 30.3 Å². The largest absolute Gasteiger partial charge is 0.341 e. The van der Waals surface area contributed by atoms with Crippen LogP contribution in [-0.2, 0) is 14.8 Å². The lowest BCUT2D eigenvalue weighted by Crippen LogP contribution is -2.40. The molecular weight excluding hydrogens is 350 g/mol. The minimum Gasteiger partial charge on any atom is -0.341 e. The van der Waals surface area contributed by atoms with Crippen molar-refractivity contribution in [1.29, 1.82) is 0 Å². The summed E-state index contributed by atoms with van der Waals surface area (Å²) in [6, 6.07) is 8.50. The quantitative estimate of drug-likeness (QED) is 0.856. The van der Waals surface area contributed by atoms with Gasteiger partial charge in [-0.1, -0.05) is 18.2 Å². The van der Waals surface area contributed by atoms with Gasteiger partial charge < -0.3 is 10.2 Å². The van der Waals surface area contributed by atoms with Gasteiger partial charge in [-0.15, -0.1) is 12.4 Å². The molecule has 24 heavy (non-hydrogen) atoms. The number of halogens is 1. The van der Waals surface area contributed by atoms with E-state index in [1.165, 1.54) is 4.31 Å². The van der Waals surface area contributed by atoms with Crippen LogP contribution in [0.25, 0.3) is 0 Å². The van der Waals surface area contributed by atoms with Crippen molar-refractivity contribution >= 4 is 28.3 Å². The normalized spacial score (nSPS) is 22.7. The van der Waals surface area contributed by atoms with Crippen molar-refractivity contribution in [2.45, 2.75) is 17.7 Å². The summed E-state index contributed by atoms with van der Waals surface area (Å²) in [4.78, 5) is 14.6. The second-order valence-electron chi connectivity index (χ2n) is 6.09. The zero-order valence-electron chi connectivity index (χ0n) is 13.6. The Bertz CT molecular complexity index is 648. The standard InChI is InChI=1S/C16H23N3O3S.ClH/c20-16(14-7-8-17-13-14)18-9-4-10-19(12-11-18)23(21,22)15-5-2-1-3-6-15;/h1-3,5-6,14,17H,4,7-13H2;1H. The lowest BCUT2D eigenvalue weighted by Gasteiger charge is -2.24. The van der Waals surface area contributed by atoms with Crippen molar-refractivity contribution in [2.24, 2.45) is 5.92 Å². The molecule has 0 aliphatic carbocycles. The molecule has 1 aromatic carbocycles. The number of carbonyl (C=O) groups excluding carboxylic acids is 1. The van der Waals surface area contributed by atoms with Gasteiger partial charge in [0.15, 0.2) is 0 Å². The van der Waals surface area contributed by atoms with Crippen LogP contribution in [0, 0.1) is 5.92 Å². The fourth-order valence-corrected chi connectivity index (χ4v) is 4.71. The molecule has 0 spiro atoms.